The molecule has 0 radical (unpaired) electrons. The Balaban J connectivity index is 2.19. The minimum Gasteiger partial charge on any atom is -0.500 e. The van der Waals surface area contributed by atoms with Gasteiger partial charge in [0.05, 0.1) is 13.0 Å². The summed E-state index contributed by atoms with van der Waals surface area (Å²) in [5, 5.41) is 11.4. The number of methoxy groups -OCH3 is 2. The highest BCUT2D eigenvalue weighted by Crippen LogP contribution is 2.49. The van der Waals surface area contributed by atoms with Crippen molar-refractivity contribution in [2.75, 3.05) is 21.0 Å². The maximum absolute atomic E-state index is 11.4. The Morgan fingerprint density at radius 2 is 1.67 bits per heavy atom. The fraction of sp³-hybridized carbons (Fsp3) is 0.273. The molecule has 0 aliphatic heterocycles. The van der Waals surface area contributed by atoms with Crippen molar-refractivity contribution in [2.45, 2.75) is 17.6 Å². The van der Waals surface area contributed by atoms with E-state index in [0.29, 0.717) is 11.5 Å². The van der Waals surface area contributed by atoms with E-state index in [1.54, 1.807) is 26.4 Å². The standard InChI is InChI=1S/C22H25NO4/c1-25-15-27-22(21(24)17-11-7-4-8-12-17)14-18(23)13-19(26-2)20(22)16-9-5-3-6-10-16/h3-14,20-21,24H,15,23H2,1-2H3. The second-order valence-electron chi connectivity index (χ2n) is 6.46. The zero-order chi connectivity index (χ0) is 19.3. The molecule has 0 heterocycles. The molecule has 3 atom stereocenters. The van der Waals surface area contributed by atoms with Crippen LogP contribution in [0.4, 0.5) is 0 Å². The minimum atomic E-state index is -1.19. The van der Waals surface area contributed by atoms with Crippen LogP contribution in [0.1, 0.15) is 23.1 Å². The van der Waals surface area contributed by atoms with E-state index < -0.39 is 17.6 Å². The van der Waals surface area contributed by atoms with Crippen LogP contribution in [0.15, 0.2) is 84.3 Å². The van der Waals surface area contributed by atoms with E-state index in [0.717, 1.165) is 11.1 Å². The molecule has 142 valence electrons. The van der Waals surface area contributed by atoms with E-state index in [1.807, 2.05) is 60.7 Å². The summed E-state index contributed by atoms with van der Waals surface area (Å²) < 4.78 is 17.0. The highest BCUT2D eigenvalue weighted by molar-refractivity contribution is 5.44. The van der Waals surface area contributed by atoms with Crippen LogP contribution in [0.3, 0.4) is 0 Å². The van der Waals surface area contributed by atoms with Crippen molar-refractivity contribution in [3.05, 3.63) is 95.4 Å². The number of hydrogen-bond donors (Lipinski definition) is 2. The van der Waals surface area contributed by atoms with Crippen LogP contribution in [0.25, 0.3) is 0 Å². The molecule has 5 heteroatoms. The molecule has 27 heavy (non-hydrogen) atoms. The first-order valence-electron chi connectivity index (χ1n) is 8.77. The van der Waals surface area contributed by atoms with Crippen LogP contribution in [-0.4, -0.2) is 31.7 Å². The summed E-state index contributed by atoms with van der Waals surface area (Å²) in [4.78, 5) is 0. The topological polar surface area (TPSA) is 73.9 Å². The fourth-order valence-corrected chi connectivity index (χ4v) is 3.60. The average molecular weight is 367 g/mol. The van der Waals surface area contributed by atoms with E-state index in [1.165, 1.54) is 0 Å². The molecule has 0 amide bonds. The van der Waals surface area contributed by atoms with Gasteiger partial charge in [-0.3, -0.25) is 0 Å². The zero-order valence-electron chi connectivity index (χ0n) is 15.5. The first-order chi connectivity index (χ1) is 13.1. The van der Waals surface area contributed by atoms with Crippen molar-refractivity contribution >= 4 is 0 Å². The lowest BCUT2D eigenvalue weighted by Crippen LogP contribution is -2.47. The van der Waals surface area contributed by atoms with E-state index in [9.17, 15) is 5.11 Å². The van der Waals surface area contributed by atoms with Gasteiger partial charge in [-0.25, -0.2) is 0 Å². The highest BCUT2D eigenvalue weighted by Gasteiger charge is 2.50. The van der Waals surface area contributed by atoms with Gasteiger partial charge in [-0.2, -0.15) is 0 Å². The van der Waals surface area contributed by atoms with E-state index >= 15 is 0 Å². The Morgan fingerprint density at radius 1 is 1.04 bits per heavy atom. The van der Waals surface area contributed by atoms with Crippen LogP contribution < -0.4 is 5.73 Å². The molecular formula is C22H25NO4. The number of nitrogens with two attached hydrogens (primary N) is 1. The first kappa shape index (κ1) is 19.2. The summed E-state index contributed by atoms with van der Waals surface area (Å²) in [6.07, 6.45) is 2.53. The lowest BCUT2D eigenvalue weighted by Gasteiger charge is -2.44. The molecule has 0 saturated carbocycles. The summed E-state index contributed by atoms with van der Waals surface area (Å²) in [6, 6.07) is 19.2. The molecule has 1 aliphatic carbocycles. The van der Waals surface area contributed by atoms with Crippen molar-refractivity contribution in [3.63, 3.8) is 0 Å². The second-order valence-corrected chi connectivity index (χ2v) is 6.46. The van der Waals surface area contributed by atoms with Gasteiger partial charge in [0, 0.05) is 12.8 Å². The first-order valence-corrected chi connectivity index (χ1v) is 8.77. The highest BCUT2D eigenvalue weighted by atomic mass is 16.7. The summed E-state index contributed by atoms with van der Waals surface area (Å²) in [7, 11) is 3.14. The van der Waals surface area contributed by atoms with Gasteiger partial charge in [-0.15, -0.1) is 0 Å². The third-order valence-corrected chi connectivity index (χ3v) is 4.77. The third-order valence-electron chi connectivity index (χ3n) is 4.77. The largest absolute Gasteiger partial charge is 0.500 e. The minimum absolute atomic E-state index is 0.00595. The maximum atomic E-state index is 11.4. The quantitative estimate of drug-likeness (QED) is 0.735. The Labute approximate surface area is 159 Å². The number of hydrogen-bond acceptors (Lipinski definition) is 5. The van der Waals surface area contributed by atoms with Crippen LogP contribution in [0, 0.1) is 0 Å². The lowest BCUT2D eigenvalue weighted by molar-refractivity contribution is -0.167. The normalized spacial score (nSPS) is 23.3. The predicted octanol–water partition coefficient (Wildman–Crippen LogP) is 3.25. The molecule has 0 spiro atoms. The van der Waals surface area contributed by atoms with Crippen molar-refractivity contribution in [1.82, 2.24) is 0 Å². The molecule has 0 aromatic heterocycles. The van der Waals surface area contributed by atoms with Gasteiger partial charge < -0.3 is 25.1 Å². The predicted molar refractivity (Wildman–Crippen MR) is 104 cm³/mol. The second kappa shape index (κ2) is 8.39. The number of aliphatic hydroxyl groups excluding tert-OH is 1. The summed E-state index contributed by atoms with van der Waals surface area (Å²) in [5.41, 5.74) is 7.11. The van der Waals surface area contributed by atoms with Crippen LogP contribution >= 0.6 is 0 Å². The summed E-state index contributed by atoms with van der Waals surface area (Å²) in [5.74, 6) is 0.216. The number of aliphatic hydroxyl groups is 1. The zero-order valence-corrected chi connectivity index (χ0v) is 15.5. The fourth-order valence-electron chi connectivity index (χ4n) is 3.60. The molecule has 5 nitrogen and oxygen atoms in total. The molecular weight excluding hydrogens is 342 g/mol. The van der Waals surface area contributed by atoms with E-state index in [-0.39, 0.29) is 6.79 Å². The smallest absolute Gasteiger partial charge is 0.147 e. The van der Waals surface area contributed by atoms with E-state index in [2.05, 4.69) is 0 Å². The molecule has 2 aromatic carbocycles. The molecule has 0 bridgehead atoms. The van der Waals surface area contributed by atoms with Gasteiger partial charge in [0.2, 0.25) is 0 Å². The number of rotatable bonds is 7. The SMILES string of the molecule is COCOC1(C(O)c2ccccc2)C=C(N)C=C(OC)C1c1ccccc1. The Kier molecular flexibility index (Phi) is 5.96. The van der Waals surface area contributed by atoms with Crippen molar-refractivity contribution in [3.8, 4) is 0 Å². The van der Waals surface area contributed by atoms with Gasteiger partial charge in [0.15, 0.2) is 0 Å². The summed E-state index contributed by atoms with van der Waals surface area (Å²) >= 11 is 0. The van der Waals surface area contributed by atoms with Gasteiger partial charge in [0.25, 0.3) is 0 Å². The number of allylic oxidation sites excluding steroid dienone is 1. The molecule has 3 unspecified atom stereocenters. The van der Waals surface area contributed by atoms with Crippen molar-refractivity contribution < 1.29 is 19.3 Å². The molecule has 2 aromatic rings. The van der Waals surface area contributed by atoms with Gasteiger partial charge in [-0.1, -0.05) is 60.7 Å². The monoisotopic (exact) mass is 367 g/mol. The van der Waals surface area contributed by atoms with Gasteiger partial charge in [0.1, 0.15) is 24.3 Å². The van der Waals surface area contributed by atoms with Gasteiger partial charge in [-0.05, 0) is 23.3 Å². The third kappa shape index (κ3) is 3.76. The molecule has 1 aliphatic rings. The van der Waals surface area contributed by atoms with Crippen LogP contribution in [-0.2, 0) is 14.2 Å². The molecule has 3 N–H and O–H groups in total. The van der Waals surface area contributed by atoms with Crippen LogP contribution in [0.5, 0.6) is 0 Å². The lowest BCUT2D eigenvalue weighted by atomic mass is 9.72. The Morgan fingerprint density at radius 3 is 2.26 bits per heavy atom. The van der Waals surface area contributed by atoms with Crippen LogP contribution in [0.2, 0.25) is 0 Å². The van der Waals surface area contributed by atoms with Gasteiger partial charge >= 0.3 is 0 Å². The summed E-state index contributed by atoms with van der Waals surface area (Å²) in [6.45, 7) is -0.00595. The van der Waals surface area contributed by atoms with E-state index in [4.69, 9.17) is 19.9 Å². The Hall–Kier alpha value is -2.60. The molecule has 3 rings (SSSR count). The van der Waals surface area contributed by atoms with Crippen molar-refractivity contribution in [2.24, 2.45) is 5.73 Å². The Bertz CT molecular complexity index is 804. The molecule has 0 fully saturated rings. The van der Waals surface area contributed by atoms with Crippen molar-refractivity contribution in [1.29, 1.82) is 0 Å². The average Bonchev–Trinajstić information content (AvgIpc) is 2.72. The number of ether oxygens (including phenoxy) is 3. The molecule has 0 saturated heterocycles. The maximum Gasteiger partial charge on any atom is 0.147 e. The number of benzene rings is 2.